The summed E-state index contributed by atoms with van der Waals surface area (Å²) >= 11 is 0. The van der Waals surface area contributed by atoms with E-state index < -0.39 is 12.3 Å². The minimum absolute atomic E-state index is 0.170. The van der Waals surface area contributed by atoms with Crippen LogP contribution < -0.4 is 10.6 Å². The van der Waals surface area contributed by atoms with Gasteiger partial charge in [-0.3, -0.25) is 4.79 Å². The predicted molar refractivity (Wildman–Crippen MR) is 98.4 cm³/mol. The van der Waals surface area contributed by atoms with Crippen LogP contribution in [0.3, 0.4) is 0 Å². The van der Waals surface area contributed by atoms with Crippen molar-refractivity contribution in [1.82, 2.24) is 9.78 Å². The molecule has 7 heteroatoms. The number of carbonyl (C=O) groups is 1. The van der Waals surface area contributed by atoms with Crippen molar-refractivity contribution in [3.8, 4) is 0 Å². The summed E-state index contributed by atoms with van der Waals surface area (Å²) in [5.41, 5.74) is 1.95. The van der Waals surface area contributed by atoms with Crippen LogP contribution in [0.2, 0.25) is 0 Å². The molecule has 2 N–H and O–H groups in total. The number of nitrogens with one attached hydrogen (secondary N) is 2. The molecule has 0 bridgehead atoms. The lowest BCUT2D eigenvalue weighted by atomic mass is 9.98. The van der Waals surface area contributed by atoms with Gasteiger partial charge in [0, 0.05) is 11.4 Å². The maximum Gasteiger partial charge on any atom is 0.280 e. The fourth-order valence-corrected chi connectivity index (χ4v) is 2.74. The second-order valence-electron chi connectivity index (χ2n) is 6.22. The van der Waals surface area contributed by atoms with Gasteiger partial charge in [0.05, 0.1) is 6.20 Å². The summed E-state index contributed by atoms with van der Waals surface area (Å²) in [5, 5.41) is 9.50. The molecule has 1 unspecified atom stereocenters. The van der Waals surface area contributed by atoms with Crippen LogP contribution in [0.1, 0.15) is 42.1 Å². The van der Waals surface area contributed by atoms with Crippen LogP contribution in [0.4, 0.5) is 20.3 Å². The SMILES string of the molecule is C=C1C=C(C(F)F)n2ncc(C(=O)Nc3ccc(C(C)CC)cc3)c2N1. The van der Waals surface area contributed by atoms with Gasteiger partial charge in [0.15, 0.2) is 0 Å². The lowest BCUT2D eigenvalue weighted by molar-refractivity contribution is 0.102. The molecule has 1 aliphatic heterocycles. The van der Waals surface area contributed by atoms with Gasteiger partial charge < -0.3 is 10.6 Å². The normalized spacial score (nSPS) is 14.5. The number of nitrogens with zero attached hydrogens (tertiary/aromatic N) is 2. The van der Waals surface area contributed by atoms with E-state index >= 15 is 0 Å². The lowest BCUT2D eigenvalue weighted by Gasteiger charge is -2.19. The second kappa shape index (κ2) is 7.11. The monoisotopic (exact) mass is 358 g/mol. The first-order chi connectivity index (χ1) is 12.4. The van der Waals surface area contributed by atoms with Crippen LogP contribution in [-0.2, 0) is 0 Å². The van der Waals surface area contributed by atoms with Crippen molar-refractivity contribution in [2.45, 2.75) is 32.6 Å². The number of fused-ring (bicyclic) bond motifs is 1. The third kappa shape index (κ3) is 3.37. The molecule has 1 aliphatic rings. The molecule has 136 valence electrons. The number of anilines is 2. The Morgan fingerprint density at radius 3 is 2.65 bits per heavy atom. The van der Waals surface area contributed by atoms with Crippen molar-refractivity contribution in [1.29, 1.82) is 0 Å². The molecule has 1 aromatic heterocycles. The van der Waals surface area contributed by atoms with Crippen molar-refractivity contribution < 1.29 is 13.6 Å². The third-order valence-corrected chi connectivity index (χ3v) is 4.43. The van der Waals surface area contributed by atoms with Crippen LogP contribution in [0.25, 0.3) is 5.70 Å². The van der Waals surface area contributed by atoms with Crippen molar-refractivity contribution in [2.75, 3.05) is 10.6 Å². The predicted octanol–water partition coefficient (Wildman–Crippen LogP) is 4.69. The average molecular weight is 358 g/mol. The molecule has 0 radical (unpaired) electrons. The summed E-state index contributed by atoms with van der Waals surface area (Å²) < 4.78 is 27.4. The van der Waals surface area contributed by atoms with Gasteiger partial charge in [-0.2, -0.15) is 5.10 Å². The topological polar surface area (TPSA) is 59.0 Å². The molecule has 1 aromatic carbocycles. The van der Waals surface area contributed by atoms with E-state index in [0.717, 1.165) is 11.1 Å². The zero-order valence-corrected chi connectivity index (χ0v) is 14.6. The Hall–Kier alpha value is -2.96. The first-order valence-electron chi connectivity index (χ1n) is 8.36. The summed E-state index contributed by atoms with van der Waals surface area (Å²) in [6.07, 6.45) is 0.778. The van der Waals surface area contributed by atoms with Gasteiger partial charge in [0.2, 0.25) is 0 Å². The van der Waals surface area contributed by atoms with Crippen molar-refractivity contribution in [2.24, 2.45) is 0 Å². The van der Waals surface area contributed by atoms with Crippen LogP contribution in [0.15, 0.2) is 48.8 Å². The maximum atomic E-state index is 13.2. The summed E-state index contributed by atoms with van der Waals surface area (Å²) in [7, 11) is 0. The molecule has 0 spiro atoms. The molecule has 0 saturated carbocycles. The maximum absolute atomic E-state index is 13.2. The van der Waals surface area contributed by atoms with Crippen LogP contribution in [-0.4, -0.2) is 22.1 Å². The van der Waals surface area contributed by atoms with Gasteiger partial charge in [-0.05, 0) is 36.1 Å². The van der Waals surface area contributed by atoms with E-state index in [2.05, 4.69) is 36.2 Å². The van der Waals surface area contributed by atoms with Crippen LogP contribution >= 0.6 is 0 Å². The Morgan fingerprint density at radius 2 is 2.04 bits per heavy atom. The molecule has 0 saturated heterocycles. The number of allylic oxidation sites excluding steroid dienone is 2. The van der Waals surface area contributed by atoms with Gasteiger partial charge in [0.1, 0.15) is 17.1 Å². The minimum atomic E-state index is -2.73. The number of hydrogen-bond donors (Lipinski definition) is 2. The molecular weight excluding hydrogens is 338 g/mol. The summed E-state index contributed by atoms with van der Waals surface area (Å²) in [6, 6.07) is 7.59. The number of benzene rings is 1. The quantitative estimate of drug-likeness (QED) is 0.815. The number of amides is 1. The van der Waals surface area contributed by atoms with E-state index in [-0.39, 0.29) is 22.8 Å². The average Bonchev–Trinajstić information content (AvgIpc) is 3.04. The van der Waals surface area contributed by atoms with Gasteiger partial charge in [-0.1, -0.05) is 32.6 Å². The number of aromatic nitrogens is 2. The van der Waals surface area contributed by atoms with E-state index in [1.165, 1.54) is 17.8 Å². The zero-order valence-electron chi connectivity index (χ0n) is 14.6. The first kappa shape index (κ1) is 17.8. The number of carbonyl (C=O) groups excluding carboxylic acids is 1. The number of rotatable bonds is 5. The second-order valence-corrected chi connectivity index (χ2v) is 6.22. The Labute approximate surface area is 150 Å². The number of halogens is 2. The fourth-order valence-electron chi connectivity index (χ4n) is 2.74. The van der Waals surface area contributed by atoms with Crippen LogP contribution in [0.5, 0.6) is 0 Å². The van der Waals surface area contributed by atoms with Crippen molar-refractivity contribution in [3.05, 3.63) is 59.9 Å². The molecular formula is C19H20F2N4O. The molecule has 1 amide bonds. The minimum Gasteiger partial charge on any atom is -0.340 e. The molecule has 3 rings (SSSR count). The van der Waals surface area contributed by atoms with Crippen molar-refractivity contribution >= 4 is 23.1 Å². The van der Waals surface area contributed by atoms with Gasteiger partial charge >= 0.3 is 0 Å². The molecule has 1 atom stereocenters. The molecule has 0 fully saturated rings. The van der Waals surface area contributed by atoms with Crippen molar-refractivity contribution in [3.63, 3.8) is 0 Å². The highest BCUT2D eigenvalue weighted by molar-refractivity contribution is 6.08. The van der Waals surface area contributed by atoms with E-state index in [0.29, 0.717) is 11.6 Å². The van der Waals surface area contributed by atoms with E-state index in [1.54, 1.807) is 0 Å². The van der Waals surface area contributed by atoms with Gasteiger partial charge in [-0.25, -0.2) is 13.5 Å². The Bertz CT molecular complexity index is 868. The molecule has 2 aromatic rings. The zero-order chi connectivity index (χ0) is 18.8. The molecule has 0 aliphatic carbocycles. The number of hydrogen-bond acceptors (Lipinski definition) is 3. The molecule has 2 heterocycles. The van der Waals surface area contributed by atoms with Crippen LogP contribution in [0, 0.1) is 0 Å². The van der Waals surface area contributed by atoms with E-state index in [4.69, 9.17) is 0 Å². The highest BCUT2D eigenvalue weighted by Gasteiger charge is 2.27. The summed E-state index contributed by atoms with van der Waals surface area (Å²) in [4.78, 5) is 12.6. The van der Waals surface area contributed by atoms with Gasteiger partial charge in [-0.15, -0.1) is 0 Å². The highest BCUT2D eigenvalue weighted by Crippen LogP contribution is 2.30. The Balaban J connectivity index is 1.82. The Morgan fingerprint density at radius 1 is 1.35 bits per heavy atom. The smallest absolute Gasteiger partial charge is 0.280 e. The molecule has 26 heavy (non-hydrogen) atoms. The van der Waals surface area contributed by atoms with E-state index in [9.17, 15) is 13.6 Å². The third-order valence-electron chi connectivity index (χ3n) is 4.43. The molecule has 5 nitrogen and oxygen atoms in total. The largest absolute Gasteiger partial charge is 0.340 e. The standard InChI is InChI=1S/C19H20F2N4O/c1-4-11(2)13-5-7-14(8-6-13)24-19(26)15-10-22-25-16(17(20)21)9-12(3)23-18(15)25/h5-11,17,23H,3-4H2,1-2H3,(H,24,26). The lowest BCUT2D eigenvalue weighted by Crippen LogP contribution is -2.19. The first-order valence-corrected chi connectivity index (χ1v) is 8.36. The van der Waals surface area contributed by atoms with E-state index in [1.807, 2.05) is 24.3 Å². The van der Waals surface area contributed by atoms with Gasteiger partial charge in [0.25, 0.3) is 12.3 Å². The highest BCUT2D eigenvalue weighted by atomic mass is 19.3. The summed E-state index contributed by atoms with van der Waals surface area (Å²) in [5.74, 6) is 0.192. The summed E-state index contributed by atoms with van der Waals surface area (Å²) in [6.45, 7) is 7.91. The Kier molecular flexibility index (Phi) is 4.88. The fraction of sp³-hybridized carbons (Fsp3) is 0.263. The number of alkyl halides is 2.